The van der Waals surface area contributed by atoms with Gasteiger partial charge >= 0.3 is 0 Å². The maximum absolute atomic E-state index is 13.4. The molecule has 0 radical (unpaired) electrons. The van der Waals surface area contributed by atoms with E-state index < -0.39 is 0 Å². The standard InChI is InChI=1S/C34H30N2O5/c1-35(22-24-9-4-2-5-10-24)33(37)31-17-16-28(41-31)23-40-27-15-14-25-18-19-36(34(38)30-13-8-20-39-30)32(29(25)21-27)26-11-6-3-7-12-26/h2-17,20-21,32H,18-19,22-23H2,1H3/t32-/m0/s1. The number of rotatable bonds is 8. The monoisotopic (exact) mass is 546 g/mol. The van der Waals surface area contributed by atoms with Gasteiger partial charge in [-0.25, -0.2) is 0 Å². The predicted molar refractivity (Wildman–Crippen MR) is 153 cm³/mol. The Morgan fingerprint density at radius 2 is 1.68 bits per heavy atom. The zero-order valence-electron chi connectivity index (χ0n) is 22.7. The first-order chi connectivity index (χ1) is 20.1. The average Bonchev–Trinajstić information content (AvgIpc) is 3.73. The van der Waals surface area contributed by atoms with E-state index in [1.165, 1.54) is 11.8 Å². The van der Waals surface area contributed by atoms with Gasteiger partial charge in [0.15, 0.2) is 11.5 Å². The molecule has 0 saturated heterocycles. The van der Waals surface area contributed by atoms with Gasteiger partial charge in [-0.1, -0.05) is 66.7 Å². The molecule has 2 aromatic heterocycles. The molecule has 0 aliphatic carbocycles. The highest BCUT2D eigenvalue weighted by Crippen LogP contribution is 2.38. The SMILES string of the molecule is CN(Cc1ccccc1)C(=O)c1ccc(COc2ccc3c(c2)[C@H](c2ccccc2)N(C(=O)c2ccco2)CC3)o1. The molecule has 0 fully saturated rings. The van der Waals surface area contributed by atoms with Crippen LogP contribution in [-0.2, 0) is 19.6 Å². The number of amides is 2. The van der Waals surface area contributed by atoms with Crippen molar-refractivity contribution in [1.29, 1.82) is 0 Å². The number of fused-ring (bicyclic) bond motifs is 1. The van der Waals surface area contributed by atoms with E-state index in [2.05, 4.69) is 6.07 Å². The van der Waals surface area contributed by atoms with Crippen LogP contribution in [-0.4, -0.2) is 35.2 Å². The lowest BCUT2D eigenvalue weighted by atomic mass is 9.87. The van der Waals surface area contributed by atoms with E-state index in [9.17, 15) is 9.59 Å². The average molecular weight is 547 g/mol. The number of benzene rings is 3. The van der Waals surface area contributed by atoms with Gasteiger partial charge in [0, 0.05) is 20.1 Å². The van der Waals surface area contributed by atoms with Crippen molar-refractivity contribution < 1.29 is 23.2 Å². The quantitative estimate of drug-likeness (QED) is 0.222. The van der Waals surface area contributed by atoms with Crippen molar-refractivity contribution in [2.24, 2.45) is 0 Å². The van der Waals surface area contributed by atoms with Gasteiger partial charge in [-0.15, -0.1) is 0 Å². The van der Waals surface area contributed by atoms with Crippen molar-refractivity contribution in [2.75, 3.05) is 13.6 Å². The summed E-state index contributed by atoms with van der Waals surface area (Å²) in [5, 5.41) is 0. The summed E-state index contributed by atoms with van der Waals surface area (Å²) in [6.07, 6.45) is 2.25. The van der Waals surface area contributed by atoms with Crippen molar-refractivity contribution in [3.8, 4) is 5.75 Å². The van der Waals surface area contributed by atoms with Crippen LogP contribution in [0.2, 0.25) is 0 Å². The molecule has 3 heterocycles. The lowest BCUT2D eigenvalue weighted by Crippen LogP contribution is -2.40. The largest absolute Gasteiger partial charge is 0.486 e. The lowest BCUT2D eigenvalue weighted by molar-refractivity contribution is 0.0661. The van der Waals surface area contributed by atoms with E-state index in [1.807, 2.05) is 77.7 Å². The maximum Gasteiger partial charge on any atom is 0.290 e. The molecular weight excluding hydrogens is 516 g/mol. The molecule has 0 unspecified atom stereocenters. The molecule has 3 aromatic carbocycles. The second kappa shape index (κ2) is 11.6. The number of furan rings is 2. The summed E-state index contributed by atoms with van der Waals surface area (Å²) in [5.41, 5.74) is 4.24. The predicted octanol–water partition coefficient (Wildman–Crippen LogP) is 6.51. The van der Waals surface area contributed by atoms with Crippen LogP contribution >= 0.6 is 0 Å². The van der Waals surface area contributed by atoms with Crippen LogP contribution in [0.1, 0.15) is 55.2 Å². The summed E-state index contributed by atoms with van der Waals surface area (Å²) in [6, 6.07) is 32.4. The number of carbonyl (C=O) groups is 2. The minimum absolute atomic E-state index is 0.147. The van der Waals surface area contributed by atoms with E-state index in [4.69, 9.17) is 13.6 Å². The highest BCUT2D eigenvalue weighted by Gasteiger charge is 2.34. The van der Waals surface area contributed by atoms with Crippen LogP contribution in [0.25, 0.3) is 0 Å². The van der Waals surface area contributed by atoms with Crippen LogP contribution in [0.3, 0.4) is 0 Å². The zero-order valence-corrected chi connectivity index (χ0v) is 22.7. The van der Waals surface area contributed by atoms with Gasteiger partial charge in [-0.2, -0.15) is 0 Å². The van der Waals surface area contributed by atoms with Gasteiger partial charge in [0.2, 0.25) is 0 Å². The molecule has 0 N–H and O–H groups in total. The molecular formula is C34H30N2O5. The highest BCUT2D eigenvalue weighted by molar-refractivity contribution is 5.92. The first-order valence-electron chi connectivity index (χ1n) is 13.6. The third-order valence-corrected chi connectivity index (χ3v) is 7.32. The summed E-state index contributed by atoms with van der Waals surface area (Å²) >= 11 is 0. The summed E-state index contributed by atoms with van der Waals surface area (Å²) < 4.78 is 17.4. The summed E-state index contributed by atoms with van der Waals surface area (Å²) in [6.45, 7) is 1.23. The lowest BCUT2D eigenvalue weighted by Gasteiger charge is -2.37. The Bertz CT molecular complexity index is 1630. The molecule has 206 valence electrons. The van der Waals surface area contributed by atoms with E-state index >= 15 is 0 Å². The first-order valence-corrected chi connectivity index (χ1v) is 13.6. The van der Waals surface area contributed by atoms with Gasteiger partial charge in [-0.05, 0) is 65.1 Å². The van der Waals surface area contributed by atoms with Gasteiger partial charge < -0.3 is 23.4 Å². The molecule has 2 amide bonds. The van der Waals surface area contributed by atoms with Crippen molar-refractivity contribution in [1.82, 2.24) is 9.80 Å². The van der Waals surface area contributed by atoms with Crippen LogP contribution in [0.4, 0.5) is 0 Å². The van der Waals surface area contributed by atoms with E-state index in [0.717, 1.165) is 23.1 Å². The van der Waals surface area contributed by atoms with Crippen molar-refractivity contribution in [2.45, 2.75) is 25.6 Å². The molecule has 1 atom stereocenters. The third kappa shape index (κ3) is 5.65. The Morgan fingerprint density at radius 3 is 2.44 bits per heavy atom. The van der Waals surface area contributed by atoms with E-state index in [-0.39, 0.29) is 30.2 Å². The zero-order chi connectivity index (χ0) is 28.2. The van der Waals surface area contributed by atoms with Crippen molar-refractivity contribution in [3.63, 3.8) is 0 Å². The molecule has 6 rings (SSSR count). The van der Waals surface area contributed by atoms with Crippen LogP contribution in [0.15, 0.2) is 118 Å². The highest BCUT2D eigenvalue weighted by atomic mass is 16.5. The van der Waals surface area contributed by atoms with E-state index in [1.54, 1.807) is 36.2 Å². The Kier molecular flexibility index (Phi) is 7.41. The molecule has 1 aliphatic rings. The molecule has 7 nitrogen and oxygen atoms in total. The molecule has 0 saturated carbocycles. The fraction of sp³-hybridized carbons (Fsp3) is 0.176. The van der Waals surface area contributed by atoms with Gasteiger partial charge in [0.1, 0.15) is 18.1 Å². The number of nitrogens with zero attached hydrogens (tertiary/aromatic N) is 2. The Hall–Kier alpha value is -5.04. The number of hydrogen-bond acceptors (Lipinski definition) is 5. The van der Waals surface area contributed by atoms with Crippen LogP contribution in [0.5, 0.6) is 5.75 Å². The van der Waals surface area contributed by atoms with Gasteiger partial charge in [0.05, 0.1) is 12.3 Å². The summed E-state index contributed by atoms with van der Waals surface area (Å²) in [4.78, 5) is 29.8. The minimum Gasteiger partial charge on any atom is -0.486 e. The Morgan fingerprint density at radius 1 is 0.902 bits per heavy atom. The van der Waals surface area contributed by atoms with Gasteiger partial charge in [-0.3, -0.25) is 9.59 Å². The summed E-state index contributed by atoms with van der Waals surface area (Å²) in [7, 11) is 1.75. The second-order valence-corrected chi connectivity index (χ2v) is 10.1. The third-order valence-electron chi connectivity index (χ3n) is 7.32. The first kappa shape index (κ1) is 26.2. The fourth-order valence-electron chi connectivity index (χ4n) is 5.28. The van der Waals surface area contributed by atoms with Crippen molar-refractivity contribution >= 4 is 11.8 Å². The topological polar surface area (TPSA) is 76.1 Å². The maximum atomic E-state index is 13.4. The van der Waals surface area contributed by atoms with Gasteiger partial charge in [0.25, 0.3) is 11.8 Å². The molecule has 1 aliphatic heterocycles. The molecule has 0 bridgehead atoms. The summed E-state index contributed by atoms with van der Waals surface area (Å²) in [5.74, 6) is 1.45. The molecule has 41 heavy (non-hydrogen) atoms. The fourth-order valence-corrected chi connectivity index (χ4v) is 5.28. The Balaban J connectivity index is 1.19. The van der Waals surface area contributed by atoms with Crippen LogP contribution < -0.4 is 4.74 Å². The normalized spacial score (nSPS) is 14.4. The molecule has 7 heteroatoms. The Labute approximate surface area is 238 Å². The smallest absolute Gasteiger partial charge is 0.290 e. The second-order valence-electron chi connectivity index (χ2n) is 10.1. The van der Waals surface area contributed by atoms with E-state index in [0.29, 0.717) is 30.4 Å². The number of carbonyl (C=O) groups excluding carboxylic acids is 2. The molecule has 5 aromatic rings. The molecule has 0 spiro atoms. The number of ether oxygens (including phenoxy) is 1. The van der Waals surface area contributed by atoms with Crippen LogP contribution in [0, 0.1) is 0 Å². The van der Waals surface area contributed by atoms with Crippen molar-refractivity contribution in [3.05, 3.63) is 149 Å². The minimum atomic E-state index is -0.283. The number of hydrogen-bond donors (Lipinski definition) is 0.